The van der Waals surface area contributed by atoms with Crippen LogP contribution in [-0.2, 0) is 4.74 Å². The summed E-state index contributed by atoms with van der Waals surface area (Å²) >= 11 is 0. The van der Waals surface area contributed by atoms with Crippen LogP contribution in [0.1, 0.15) is 27.7 Å². The Morgan fingerprint density at radius 3 is 2.90 bits per heavy atom. The molecule has 1 amide bonds. The highest BCUT2D eigenvalue weighted by molar-refractivity contribution is 5.94. The highest BCUT2D eigenvalue weighted by Crippen LogP contribution is 2.26. The quantitative estimate of drug-likeness (QED) is 0.871. The van der Waals surface area contributed by atoms with Gasteiger partial charge in [-0.3, -0.25) is 9.89 Å². The maximum absolute atomic E-state index is 12.6. The second-order valence-electron chi connectivity index (χ2n) is 4.68. The Morgan fingerprint density at radius 1 is 1.40 bits per heavy atom. The molecule has 1 saturated heterocycles. The number of rotatable bonds is 2. The predicted molar refractivity (Wildman–Crippen MR) is 70.0 cm³/mol. The van der Waals surface area contributed by atoms with Gasteiger partial charge in [0.05, 0.1) is 36.7 Å². The van der Waals surface area contributed by atoms with Crippen molar-refractivity contribution in [2.45, 2.75) is 13.0 Å². The van der Waals surface area contributed by atoms with Crippen molar-refractivity contribution in [3.8, 4) is 0 Å². The molecule has 20 heavy (non-hydrogen) atoms. The number of carbonyl (C=O) groups excluding carboxylic acids is 1. The number of aromatic nitrogens is 4. The van der Waals surface area contributed by atoms with E-state index in [-0.39, 0.29) is 11.9 Å². The van der Waals surface area contributed by atoms with Crippen molar-refractivity contribution >= 4 is 5.91 Å². The molecule has 0 unspecified atom stereocenters. The van der Waals surface area contributed by atoms with Crippen LogP contribution in [0.3, 0.4) is 0 Å². The number of hydrogen-bond donors (Lipinski definition) is 1. The van der Waals surface area contributed by atoms with Gasteiger partial charge in [0.25, 0.3) is 5.91 Å². The van der Waals surface area contributed by atoms with Crippen LogP contribution in [0, 0.1) is 6.92 Å². The number of ether oxygens (including phenoxy) is 1. The number of carbonyl (C=O) groups is 1. The Bertz CT molecular complexity index is 598. The summed E-state index contributed by atoms with van der Waals surface area (Å²) in [6, 6.07) is -0.154. The van der Waals surface area contributed by atoms with Gasteiger partial charge in [0.15, 0.2) is 0 Å². The van der Waals surface area contributed by atoms with Gasteiger partial charge in [-0.2, -0.15) is 5.10 Å². The normalized spacial score (nSPS) is 19.1. The Kier molecular flexibility index (Phi) is 3.42. The molecule has 2 aromatic rings. The van der Waals surface area contributed by atoms with E-state index < -0.39 is 0 Å². The lowest BCUT2D eigenvalue weighted by atomic mass is 10.1. The Labute approximate surface area is 116 Å². The maximum atomic E-state index is 12.6. The van der Waals surface area contributed by atoms with Gasteiger partial charge >= 0.3 is 0 Å². The van der Waals surface area contributed by atoms with Gasteiger partial charge in [-0.15, -0.1) is 0 Å². The molecule has 1 fully saturated rings. The third kappa shape index (κ3) is 2.27. The Balaban J connectivity index is 1.90. The molecule has 7 nitrogen and oxygen atoms in total. The Morgan fingerprint density at radius 2 is 2.20 bits per heavy atom. The fourth-order valence-corrected chi connectivity index (χ4v) is 2.35. The van der Waals surface area contributed by atoms with Crippen molar-refractivity contribution in [3.05, 3.63) is 41.7 Å². The summed E-state index contributed by atoms with van der Waals surface area (Å²) in [7, 11) is 0. The second-order valence-corrected chi connectivity index (χ2v) is 4.68. The molecule has 0 spiro atoms. The van der Waals surface area contributed by atoms with Crippen LogP contribution in [0.4, 0.5) is 0 Å². The molecule has 1 aliphatic heterocycles. The van der Waals surface area contributed by atoms with Crippen molar-refractivity contribution in [2.24, 2.45) is 0 Å². The molecule has 0 bridgehead atoms. The lowest BCUT2D eigenvalue weighted by Gasteiger charge is -2.35. The van der Waals surface area contributed by atoms with Crippen LogP contribution >= 0.6 is 0 Å². The first-order valence-corrected chi connectivity index (χ1v) is 6.41. The number of morpholine rings is 1. The van der Waals surface area contributed by atoms with Gasteiger partial charge in [-0.25, -0.2) is 9.97 Å². The molecule has 1 N–H and O–H groups in total. The topological polar surface area (TPSA) is 84.0 Å². The van der Waals surface area contributed by atoms with E-state index in [9.17, 15) is 4.79 Å². The van der Waals surface area contributed by atoms with E-state index in [4.69, 9.17) is 4.74 Å². The number of H-pyrrole nitrogens is 1. The molecule has 104 valence electrons. The second kappa shape index (κ2) is 5.38. The van der Waals surface area contributed by atoms with E-state index in [1.165, 1.54) is 18.7 Å². The van der Waals surface area contributed by atoms with Crippen LogP contribution in [0.5, 0.6) is 0 Å². The van der Waals surface area contributed by atoms with Gasteiger partial charge in [0.1, 0.15) is 6.33 Å². The molecule has 0 radical (unpaired) electrons. The van der Waals surface area contributed by atoms with Gasteiger partial charge in [0.2, 0.25) is 0 Å². The first-order valence-electron chi connectivity index (χ1n) is 6.41. The maximum Gasteiger partial charge on any atom is 0.257 e. The lowest BCUT2D eigenvalue weighted by Crippen LogP contribution is -2.43. The van der Waals surface area contributed by atoms with E-state index in [1.807, 2.05) is 6.92 Å². The SMILES string of the molecule is Cc1cn[nH]c1[C@@H]1COCCN1C(=O)c1cncnc1. The first-order chi connectivity index (χ1) is 9.77. The number of nitrogens with one attached hydrogen (secondary N) is 1. The van der Waals surface area contributed by atoms with Crippen LogP contribution in [0.2, 0.25) is 0 Å². The molecule has 3 rings (SSSR count). The largest absolute Gasteiger partial charge is 0.377 e. The molecule has 1 aliphatic rings. The number of nitrogens with zero attached hydrogens (tertiary/aromatic N) is 4. The van der Waals surface area contributed by atoms with E-state index in [0.717, 1.165) is 11.3 Å². The standard InChI is InChI=1S/C13H15N5O2/c1-9-4-16-17-12(9)11-7-20-3-2-18(11)13(19)10-5-14-8-15-6-10/h4-6,8,11H,2-3,7H2,1H3,(H,16,17)/t11-/m0/s1. The van der Waals surface area contributed by atoms with Crippen molar-refractivity contribution in [2.75, 3.05) is 19.8 Å². The highest BCUT2D eigenvalue weighted by atomic mass is 16.5. The average Bonchev–Trinajstić information content (AvgIpc) is 2.93. The van der Waals surface area contributed by atoms with Gasteiger partial charge in [-0.1, -0.05) is 0 Å². The monoisotopic (exact) mass is 273 g/mol. The zero-order chi connectivity index (χ0) is 13.9. The van der Waals surface area contributed by atoms with Crippen LogP contribution in [0.15, 0.2) is 24.9 Å². The number of amides is 1. The molecular formula is C13H15N5O2. The third-order valence-electron chi connectivity index (χ3n) is 3.40. The summed E-state index contributed by atoms with van der Waals surface area (Å²) in [6.07, 6.45) is 6.22. The molecular weight excluding hydrogens is 258 g/mol. The van der Waals surface area contributed by atoms with Gasteiger partial charge in [-0.05, 0) is 12.5 Å². The van der Waals surface area contributed by atoms with E-state index in [0.29, 0.717) is 25.3 Å². The average molecular weight is 273 g/mol. The van der Waals surface area contributed by atoms with Crippen molar-refractivity contribution < 1.29 is 9.53 Å². The Hall–Kier alpha value is -2.28. The zero-order valence-electron chi connectivity index (χ0n) is 11.1. The predicted octanol–water partition coefficient (Wildman–Crippen LogP) is 0.722. The fourth-order valence-electron chi connectivity index (χ4n) is 2.35. The molecule has 0 aromatic carbocycles. The fraction of sp³-hybridized carbons (Fsp3) is 0.385. The summed E-state index contributed by atoms with van der Waals surface area (Å²) in [5.41, 5.74) is 2.41. The molecule has 2 aromatic heterocycles. The van der Waals surface area contributed by atoms with Crippen LogP contribution in [0.25, 0.3) is 0 Å². The van der Waals surface area contributed by atoms with Gasteiger partial charge in [0, 0.05) is 18.9 Å². The molecule has 3 heterocycles. The molecule has 0 saturated carbocycles. The number of aryl methyl sites for hydroxylation is 1. The van der Waals surface area contributed by atoms with E-state index in [1.54, 1.807) is 11.1 Å². The first kappa shape index (κ1) is 12.7. The lowest BCUT2D eigenvalue weighted by molar-refractivity contribution is -0.00412. The van der Waals surface area contributed by atoms with Crippen molar-refractivity contribution in [1.29, 1.82) is 0 Å². The molecule has 1 atom stereocenters. The van der Waals surface area contributed by atoms with Crippen LogP contribution in [-0.4, -0.2) is 50.7 Å². The summed E-state index contributed by atoms with van der Waals surface area (Å²) in [5, 5.41) is 6.98. The summed E-state index contributed by atoms with van der Waals surface area (Å²) in [5.74, 6) is -0.0899. The summed E-state index contributed by atoms with van der Waals surface area (Å²) in [4.78, 5) is 22.1. The van der Waals surface area contributed by atoms with E-state index in [2.05, 4.69) is 20.2 Å². The minimum absolute atomic E-state index is 0.0899. The van der Waals surface area contributed by atoms with Crippen LogP contribution < -0.4 is 0 Å². The minimum Gasteiger partial charge on any atom is -0.377 e. The molecule has 7 heteroatoms. The van der Waals surface area contributed by atoms with Gasteiger partial charge < -0.3 is 9.64 Å². The van der Waals surface area contributed by atoms with E-state index >= 15 is 0 Å². The number of aromatic amines is 1. The number of hydrogen-bond acceptors (Lipinski definition) is 5. The van der Waals surface area contributed by atoms with Crippen molar-refractivity contribution in [3.63, 3.8) is 0 Å². The smallest absolute Gasteiger partial charge is 0.257 e. The zero-order valence-corrected chi connectivity index (χ0v) is 11.1. The summed E-state index contributed by atoms with van der Waals surface area (Å²) in [6.45, 7) is 3.49. The molecule has 0 aliphatic carbocycles. The summed E-state index contributed by atoms with van der Waals surface area (Å²) < 4.78 is 5.50. The third-order valence-corrected chi connectivity index (χ3v) is 3.40. The highest BCUT2D eigenvalue weighted by Gasteiger charge is 2.31. The van der Waals surface area contributed by atoms with Crippen molar-refractivity contribution in [1.82, 2.24) is 25.1 Å². The minimum atomic E-state index is -0.154.